The van der Waals surface area contributed by atoms with Crippen LogP contribution in [0.3, 0.4) is 0 Å². The minimum Gasteiger partial charge on any atom is -0.467 e. The van der Waals surface area contributed by atoms with Crippen molar-refractivity contribution < 1.29 is 14.0 Å². The first kappa shape index (κ1) is 14.4. The number of hydrogen-bond donors (Lipinski definition) is 1. The Morgan fingerprint density at radius 2 is 1.91 bits per heavy atom. The molecule has 114 valence electrons. The van der Waals surface area contributed by atoms with E-state index in [1.807, 2.05) is 30.3 Å². The molecule has 1 aliphatic carbocycles. The fourth-order valence-electron chi connectivity index (χ4n) is 2.50. The Morgan fingerprint density at radius 1 is 1.18 bits per heavy atom. The molecule has 3 rings (SSSR count). The maximum Gasteiger partial charge on any atom is 0.242 e. The molecule has 2 aromatic rings. The fourth-order valence-corrected chi connectivity index (χ4v) is 2.50. The molecule has 0 unspecified atom stereocenters. The number of para-hydroxylation sites is 1. The van der Waals surface area contributed by atoms with E-state index in [-0.39, 0.29) is 11.8 Å². The number of nitrogens with zero attached hydrogens (tertiary/aromatic N) is 1. The van der Waals surface area contributed by atoms with Gasteiger partial charge >= 0.3 is 0 Å². The second kappa shape index (κ2) is 5.67. The van der Waals surface area contributed by atoms with E-state index in [2.05, 4.69) is 5.32 Å². The number of amides is 2. The lowest BCUT2D eigenvalue weighted by molar-refractivity contribution is -0.135. The largest absolute Gasteiger partial charge is 0.467 e. The van der Waals surface area contributed by atoms with Gasteiger partial charge in [0.2, 0.25) is 11.8 Å². The summed E-state index contributed by atoms with van der Waals surface area (Å²) in [6.45, 7) is 0.302. The second-order valence-electron chi connectivity index (χ2n) is 5.54. The van der Waals surface area contributed by atoms with Crippen molar-refractivity contribution in [3.63, 3.8) is 0 Å². The fraction of sp³-hybridized carbons (Fsp3) is 0.294. The van der Waals surface area contributed by atoms with E-state index in [9.17, 15) is 9.59 Å². The van der Waals surface area contributed by atoms with Gasteiger partial charge in [0.25, 0.3) is 0 Å². The second-order valence-corrected chi connectivity index (χ2v) is 5.54. The first-order valence-electron chi connectivity index (χ1n) is 7.27. The van der Waals surface area contributed by atoms with E-state index in [0.717, 1.165) is 5.69 Å². The number of nitrogens with one attached hydrogen (secondary N) is 1. The molecule has 1 aliphatic rings. The lowest BCUT2D eigenvalue weighted by Gasteiger charge is -2.23. The van der Waals surface area contributed by atoms with Crippen molar-refractivity contribution >= 4 is 17.5 Å². The summed E-state index contributed by atoms with van der Waals surface area (Å²) in [5, 5.41) is 2.79. The maximum absolute atomic E-state index is 12.7. The van der Waals surface area contributed by atoms with Crippen molar-refractivity contribution in [3.05, 3.63) is 54.5 Å². The summed E-state index contributed by atoms with van der Waals surface area (Å²) in [5.74, 6) is 0.292. The normalized spacial score (nSPS) is 15.1. The molecular formula is C17H18N2O3. The predicted molar refractivity (Wildman–Crippen MR) is 82.1 cm³/mol. The lowest BCUT2D eigenvalue weighted by atomic mass is 10.0. The highest BCUT2D eigenvalue weighted by Gasteiger charge is 2.57. The lowest BCUT2D eigenvalue weighted by Crippen LogP contribution is -2.43. The van der Waals surface area contributed by atoms with Crippen LogP contribution >= 0.6 is 0 Å². The van der Waals surface area contributed by atoms with Crippen LogP contribution in [0.15, 0.2) is 53.1 Å². The first-order chi connectivity index (χ1) is 10.6. The standard InChI is InChI=1S/C17H18N2O3/c1-19(13-6-3-2-4-7-13)16(21)17(9-10-17)15(20)18-12-14-8-5-11-22-14/h2-8,11H,9-10,12H2,1H3,(H,18,20). The molecule has 1 aromatic heterocycles. The molecule has 5 nitrogen and oxygen atoms in total. The minimum atomic E-state index is -0.919. The molecule has 2 amide bonds. The Bertz CT molecular complexity index is 660. The monoisotopic (exact) mass is 298 g/mol. The molecule has 0 bridgehead atoms. The van der Waals surface area contributed by atoms with E-state index in [1.54, 1.807) is 30.3 Å². The number of carbonyl (C=O) groups is 2. The van der Waals surface area contributed by atoms with Crippen molar-refractivity contribution in [1.29, 1.82) is 0 Å². The number of rotatable bonds is 5. The van der Waals surface area contributed by atoms with Crippen LogP contribution in [-0.4, -0.2) is 18.9 Å². The van der Waals surface area contributed by atoms with Gasteiger partial charge in [-0.2, -0.15) is 0 Å². The summed E-state index contributed by atoms with van der Waals surface area (Å²) in [6, 6.07) is 12.9. The third kappa shape index (κ3) is 2.62. The van der Waals surface area contributed by atoms with Gasteiger partial charge in [0, 0.05) is 12.7 Å². The summed E-state index contributed by atoms with van der Waals surface area (Å²) in [7, 11) is 1.71. The molecule has 1 heterocycles. The Balaban J connectivity index is 1.67. The highest BCUT2D eigenvalue weighted by Crippen LogP contribution is 2.47. The van der Waals surface area contributed by atoms with Gasteiger partial charge in [-0.1, -0.05) is 18.2 Å². The van der Waals surface area contributed by atoms with Crippen LogP contribution in [0.5, 0.6) is 0 Å². The first-order valence-corrected chi connectivity index (χ1v) is 7.27. The molecule has 0 aliphatic heterocycles. The zero-order valence-electron chi connectivity index (χ0n) is 12.4. The number of carbonyl (C=O) groups excluding carboxylic acids is 2. The third-order valence-corrected chi connectivity index (χ3v) is 4.05. The van der Waals surface area contributed by atoms with Crippen LogP contribution in [0.2, 0.25) is 0 Å². The van der Waals surface area contributed by atoms with Gasteiger partial charge in [0.05, 0.1) is 12.8 Å². The molecule has 0 atom stereocenters. The van der Waals surface area contributed by atoms with Gasteiger partial charge in [-0.25, -0.2) is 0 Å². The van der Waals surface area contributed by atoms with Crippen molar-refractivity contribution in [3.8, 4) is 0 Å². The average Bonchev–Trinajstić information content (AvgIpc) is 3.21. The van der Waals surface area contributed by atoms with Crippen LogP contribution in [0.4, 0.5) is 5.69 Å². The van der Waals surface area contributed by atoms with Gasteiger partial charge < -0.3 is 14.6 Å². The van der Waals surface area contributed by atoms with Crippen molar-refractivity contribution in [2.24, 2.45) is 5.41 Å². The zero-order valence-corrected chi connectivity index (χ0v) is 12.4. The van der Waals surface area contributed by atoms with Crippen LogP contribution < -0.4 is 10.2 Å². The molecule has 5 heteroatoms. The topological polar surface area (TPSA) is 62.6 Å². The van der Waals surface area contributed by atoms with E-state index in [0.29, 0.717) is 25.1 Å². The number of hydrogen-bond acceptors (Lipinski definition) is 3. The molecule has 0 spiro atoms. The number of benzene rings is 1. The van der Waals surface area contributed by atoms with E-state index < -0.39 is 5.41 Å². The quantitative estimate of drug-likeness (QED) is 0.862. The number of anilines is 1. The van der Waals surface area contributed by atoms with Crippen molar-refractivity contribution in [2.75, 3.05) is 11.9 Å². The molecule has 1 fully saturated rings. The van der Waals surface area contributed by atoms with E-state index in [1.165, 1.54) is 0 Å². The van der Waals surface area contributed by atoms with E-state index >= 15 is 0 Å². The highest BCUT2D eigenvalue weighted by atomic mass is 16.3. The molecule has 1 aromatic carbocycles. The summed E-state index contributed by atoms with van der Waals surface area (Å²) in [6.07, 6.45) is 2.74. The average molecular weight is 298 g/mol. The number of furan rings is 1. The smallest absolute Gasteiger partial charge is 0.242 e. The SMILES string of the molecule is CN(C(=O)C1(C(=O)NCc2ccco2)CC1)c1ccccc1. The summed E-state index contributed by atoms with van der Waals surface area (Å²) in [4.78, 5) is 26.6. The molecule has 0 radical (unpaired) electrons. The Hall–Kier alpha value is -2.56. The molecule has 1 N–H and O–H groups in total. The van der Waals surface area contributed by atoms with Gasteiger partial charge in [-0.05, 0) is 37.1 Å². The van der Waals surface area contributed by atoms with Gasteiger partial charge in [0.15, 0.2) is 0 Å². The van der Waals surface area contributed by atoms with Crippen LogP contribution in [0.25, 0.3) is 0 Å². The van der Waals surface area contributed by atoms with Crippen molar-refractivity contribution in [1.82, 2.24) is 5.32 Å². The molecule has 22 heavy (non-hydrogen) atoms. The van der Waals surface area contributed by atoms with Gasteiger partial charge in [-0.3, -0.25) is 9.59 Å². The Labute approximate surface area is 128 Å². The zero-order chi connectivity index (χ0) is 15.6. The molecule has 1 saturated carbocycles. The Kier molecular flexibility index (Phi) is 3.71. The summed E-state index contributed by atoms with van der Waals surface area (Å²) in [5.41, 5.74) is -0.130. The maximum atomic E-state index is 12.7. The third-order valence-electron chi connectivity index (χ3n) is 4.05. The minimum absolute atomic E-state index is 0.157. The van der Waals surface area contributed by atoms with Crippen LogP contribution in [0, 0.1) is 5.41 Å². The van der Waals surface area contributed by atoms with Crippen LogP contribution in [-0.2, 0) is 16.1 Å². The van der Waals surface area contributed by atoms with Gasteiger partial charge in [0.1, 0.15) is 11.2 Å². The van der Waals surface area contributed by atoms with Crippen LogP contribution in [0.1, 0.15) is 18.6 Å². The molecule has 0 saturated heterocycles. The Morgan fingerprint density at radius 3 is 2.50 bits per heavy atom. The molecular weight excluding hydrogens is 280 g/mol. The van der Waals surface area contributed by atoms with Crippen molar-refractivity contribution in [2.45, 2.75) is 19.4 Å². The van der Waals surface area contributed by atoms with E-state index in [4.69, 9.17) is 4.42 Å². The predicted octanol–water partition coefficient (Wildman–Crippen LogP) is 2.34. The summed E-state index contributed by atoms with van der Waals surface area (Å²) < 4.78 is 5.18. The summed E-state index contributed by atoms with van der Waals surface area (Å²) >= 11 is 0. The van der Waals surface area contributed by atoms with Gasteiger partial charge in [-0.15, -0.1) is 0 Å². The highest BCUT2D eigenvalue weighted by molar-refractivity contribution is 6.13.